The number of aliphatic hydroxyl groups is 1. The summed E-state index contributed by atoms with van der Waals surface area (Å²) in [5.74, 6) is 0. The van der Waals surface area contributed by atoms with Crippen LogP contribution in [-0.2, 0) is 6.42 Å². The molecule has 1 heterocycles. The second-order valence-corrected chi connectivity index (χ2v) is 4.38. The fourth-order valence-electron chi connectivity index (χ4n) is 2.42. The van der Waals surface area contributed by atoms with Crippen LogP contribution in [0.25, 0.3) is 0 Å². The van der Waals surface area contributed by atoms with E-state index in [-0.39, 0.29) is 6.61 Å². The van der Waals surface area contributed by atoms with Gasteiger partial charge in [-0.1, -0.05) is 12.1 Å². The first-order chi connectivity index (χ1) is 7.85. The van der Waals surface area contributed by atoms with E-state index in [2.05, 4.69) is 29.2 Å². The molecule has 1 atom stereocenters. The first-order valence-corrected chi connectivity index (χ1v) is 6.01. The molecule has 0 aromatic heterocycles. The van der Waals surface area contributed by atoms with Crippen LogP contribution in [0.15, 0.2) is 24.3 Å². The van der Waals surface area contributed by atoms with E-state index < -0.39 is 0 Å². The Hall–Kier alpha value is -1.06. The van der Waals surface area contributed by atoms with Crippen molar-refractivity contribution in [3.8, 4) is 0 Å². The van der Waals surface area contributed by atoms with Crippen LogP contribution < -0.4 is 10.6 Å². The zero-order chi connectivity index (χ0) is 11.4. The highest BCUT2D eigenvalue weighted by Crippen LogP contribution is 2.25. The Morgan fingerprint density at radius 1 is 1.44 bits per heavy atom. The van der Waals surface area contributed by atoms with Gasteiger partial charge in [-0.3, -0.25) is 0 Å². The van der Waals surface area contributed by atoms with Gasteiger partial charge in [0.25, 0.3) is 0 Å². The van der Waals surface area contributed by atoms with Gasteiger partial charge in [-0.2, -0.15) is 0 Å². The number of nitrogens with two attached hydrogens (primary N) is 1. The quantitative estimate of drug-likeness (QED) is 0.800. The highest BCUT2D eigenvalue weighted by atomic mass is 16.3. The summed E-state index contributed by atoms with van der Waals surface area (Å²) in [4.78, 5) is 2.31. The second-order valence-electron chi connectivity index (χ2n) is 4.38. The van der Waals surface area contributed by atoms with Crippen molar-refractivity contribution in [2.75, 3.05) is 24.6 Å². The monoisotopic (exact) mass is 220 g/mol. The summed E-state index contributed by atoms with van der Waals surface area (Å²) in [6.07, 6.45) is 3.19. The van der Waals surface area contributed by atoms with E-state index in [1.807, 2.05) is 0 Å². The lowest BCUT2D eigenvalue weighted by Crippen LogP contribution is -2.32. The van der Waals surface area contributed by atoms with Crippen molar-refractivity contribution >= 4 is 5.69 Å². The zero-order valence-corrected chi connectivity index (χ0v) is 9.60. The molecule has 1 saturated heterocycles. The third-order valence-corrected chi connectivity index (χ3v) is 3.26. The second kappa shape index (κ2) is 5.32. The number of nitrogens with zero attached hydrogens (tertiary/aromatic N) is 1. The van der Waals surface area contributed by atoms with Crippen molar-refractivity contribution in [2.45, 2.75) is 25.3 Å². The van der Waals surface area contributed by atoms with E-state index in [0.29, 0.717) is 12.6 Å². The molecule has 3 heteroatoms. The van der Waals surface area contributed by atoms with Gasteiger partial charge >= 0.3 is 0 Å². The molecule has 0 bridgehead atoms. The summed E-state index contributed by atoms with van der Waals surface area (Å²) >= 11 is 0. The van der Waals surface area contributed by atoms with Crippen molar-refractivity contribution in [3.05, 3.63) is 29.8 Å². The van der Waals surface area contributed by atoms with Gasteiger partial charge in [-0.25, -0.2) is 0 Å². The maximum atomic E-state index is 9.31. The van der Waals surface area contributed by atoms with Gasteiger partial charge < -0.3 is 15.7 Å². The molecule has 2 rings (SSSR count). The van der Waals surface area contributed by atoms with Crippen LogP contribution in [-0.4, -0.2) is 30.8 Å². The maximum Gasteiger partial charge on any atom is 0.0635 e. The van der Waals surface area contributed by atoms with Crippen LogP contribution in [0.5, 0.6) is 0 Å². The molecule has 1 aliphatic heterocycles. The van der Waals surface area contributed by atoms with Gasteiger partial charge in [-0.15, -0.1) is 0 Å². The van der Waals surface area contributed by atoms with Gasteiger partial charge in [0.05, 0.1) is 12.6 Å². The minimum Gasteiger partial charge on any atom is -0.394 e. The topological polar surface area (TPSA) is 49.5 Å². The number of anilines is 1. The van der Waals surface area contributed by atoms with Crippen LogP contribution in [0.4, 0.5) is 5.69 Å². The Morgan fingerprint density at radius 2 is 2.31 bits per heavy atom. The third kappa shape index (κ3) is 2.36. The lowest BCUT2D eigenvalue weighted by atomic mass is 10.1. The standard InChI is InChI=1S/C13H20N2O/c14-7-6-11-3-1-4-12(9-11)15-8-2-5-13(15)10-16/h1,3-4,9,13,16H,2,5-8,10,14H2. The van der Waals surface area contributed by atoms with E-state index in [1.54, 1.807) is 0 Å². The summed E-state index contributed by atoms with van der Waals surface area (Å²) < 4.78 is 0. The van der Waals surface area contributed by atoms with Crippen molar-refractivity contribution in [3.63, 3.8) is 0 Å². The Bertz CT molecular complexity index is 340. The zero-order valence-electron chi connectivity index (χ0n) is 9.60. The summed E-state index contributed by atoms with van der Waals surface area (Å²) in [7, 11) is 0. The summed E-state index contributed by atoms with van der Waals surface area (Å²) in [6.45, 7) is 1.99. The number of hydrogen-bond donors (Lipinski definition) is 2. The average Bonchev–Trinajstić information content (AvgIpc) is 2.78. The van der Waals surface area contributed by atoms with E-state index in [0.717, 1.165) is 19.4 Å². The van der Waals surface area contributed by atoms with Crippen LogP contribution in [0, 0.1) is 0 Å². The first kappa shape index (κ1) is 11.4. The molecule has 3 nitrogen and oxygen atoms in total. The van der Waals surface area contributed by atoms with Crippen LogP contribution in [0.1, 0.15) is 18.4 Å². The minimum atomic E-state index is 0.251. The van der Waals surface area contributed by atoms with Gasteiger partial charge in [0, 0.05) is 12.2 Å². The SMILES string of the molecule is NCCc1cccc(N2CCCC2CO)c1. The molecule has 0 saturated carbocycles. The molecule has 0 aliphatic carbocycles. The molecule has 88 valence electrons. The third-order valence-electron chi connectivity index (χ3n) is 3.26. The van der Waals surface area contributed by atoms with Crippen LogP contribution >= 0.6 is 0 Å². The lowest BCUT2D eigenvalue weighted by Gasteiger charge is -2.25. The summed E-state index contributed by atoms with van der Waals surface area (Å²) in [5, 5.41) is 9.31. The molecule has 0 radical (unpaired) electrons. The number of hydrogen-bond acceptors (Lipinski definition) is 3. The predicted molar refractivity (Wildman–Crippen MR) is 66.7 cm³/mol. The lowest BCUT2D eigenvalue weighted by molar-refractivity contribution is 0.266. The smallest absolute Gasteiger partial charge is 0.0635 e. The Labute approximate surface area is 96.9 Å². The molecule has 1 aromatic carbocycles. The molecular formula is C13H20N2O. The summed E-state index contributed by atoms with van der Waals surface area (Å²) in [5.41, 5.74) is 8.07. The van der Waals surface area contributed by atoms with Gasteiger partial charge in [0.1, 0.15) is 0 Å². The Balaban J connectivity index is 2.16. The summed E-state index contributed by atoms with van der Waals surface area (Å²) in [6, 6.07) is 8.80. The predicted octanol–water partition coefficient (Wildman–Crippen LogP) is 1.15. The van der Waals surface area contributed by atoms with E-state index in [9.17, 15) is 5.11 Å². The van der Waals surface area contributed by atoms with Crippen molar-refractivity contribution in [1.29, 1.82) is 0 Å². The molecule has 1 aliphatic rings. The molecule has 0 amide bonds. The highest BCUT2D eigenvalue weighted by Gasteiger charge is 2.23. The molecule has 1 aromatic rings. The van der Waals surface area contributed by atoms with Gasteiger partial charge in [-0.05, 0) is 43.5 Å². The van der Waals surface area contributed by atoms with Crippen molar-refractivity contribution in [1.82, 2.24) is 0 Å². The van der Waals surface area contributed by atoms with E-state index in [1.165, 1.54) is 17.7 Å². The molecule has 1 unspecified atom stereocenters. The fourth-order valence-corrected chi connectivity index (χ4v) is 2.42. The van der Waals surface area contributed by atoms with E-state index >= 15 is 0 Å². The Kier molecular flexibility index (Phi) is 3.80. The number of aliphatic hydroxyl groups excluding tert-OH is 1. The minimum absolute atomic E-state index is 0.251. The first-order valence-electron chi connectivity index (χ1n) is 6.01. The maximum absolute atomic E-state index is 9.31. The molecule has 0 spiro atoms. The molecule has 1 fully saturated rings. The molecule has 3 N–H and O–H groups in total. The van der Waals surface area contributed by atoms with Crippen LogP contribution in [0.2, 0.25) is 0 Å². The highest BCUT2D eigenvalue weighted by molar-refractivity contribution is 5.50. The fraction of sp³-hybridized carbons (Fsp3) is 0.538. The largest absolute Gasteiger partial charge is 0.394 e. The number of rotatable bonds is 4. The molecule has 16 heavy (non-hydrogen) atoms. The van der Waals surface area contributed by atoms with E-state index in [4.69, 9.17) is 5.73 Å². The number of benzene rings is 1. The van der Waals surface area contributed by atoms with Gasteiger partial charge in [0.2, 0.25) is 0 Å². The van der Waals surface area contributed by atoms with Gasteiger partial charge in [0.15, 0.2) is 0 Å². The van der Waals surface area contributed by atoms with Crippen LogP contribution in [0.3, 0.4) is 0 Å². The Morgan fingerprint density at radius 3 is 3.06 bits per heavy atom. The van der Waals surface area contributed by atoms with Crippen molar-refractivity contribution in [2.24, 2.45) is 5.73 Å². The average molecular weight is 220 g/mol. The molecular weight excluding hydrogens is 200 g/mol. The normalized spacial score (nSPS) is 20.4. The van der Waals surface area contributed by atoms with Crippen molar-refractivity contribution < 1.29 is 5.11 Å².